The van der Waals surface area contributed by atoms with Gasteiger partial charge in [-0.15, -0.1) is 0 Å². The zero-order chi connectivity index (χ0) is 16.2. The predicted molar refractivity (Wildman–Crippen MR) is 74.4 cm³/mol. The monoisotopic (exact) mass is 306 g/mol. The fourth-order valence-electron chi connectivity index (χ4n) is 2.90. The summed E-state index contributed by atoms with van der Waals surface area (Å²) in [6.07, 6.45) is -1.76. The van der Waals surface area contributed by atoms with Gasteiger partial charge in [0.25, 0.3) is 0 Å². The molecule has 7 heteroatoms. The SMILES string of the molecule is COC(=O)[C@@]1(O)C[C@H](O)c2oc3cc(C)cc(O)c3c(=O)c21. The molecule has 0 saturated carbocycles. The summed E-state index contributed by atoms with van der Waals surface area (Å²) in [5.74, 6) is -1.57. The van der Waals surface area contributed by atoms with Crippen molar-refractivity contribution in [2.75, 3.05) is 7.11 Å². The maximum Gasteiger partial charge on any atom is 0.342 e. The van der Waals surface area contributed by atoms with Crippen LogP contribution >= 0.6 is 0 Å². The van der Waals surface area contributed by atoms with Crippen LogP contribution in [-0.4, -0.2) is 28.4 Å². The van der Waals surface area contributed by atoms with Crippen LogP contribution in [0, 0.1) is 6.92 Å². The van der Waals surface area contributed by atoms with Gasteiger partial charge in [-0.1, -0.05) is 0 Å². The van der Waals surface area contributed by atoms with Crippen LogP contribution in [-0.2, 0) is 15.1 Å². The Balaban J connectivity index is 2.43. The molecule has 0 aliphatic heterocycles. The lowest BCUT2D eigenvalue weighted by Crippen LogP contribution is -2.38. The van der Waals surface area contributed by atoms with E-state index >= 15 is 0 Å². The molecule has 0 unspecified atom stereocenters. The number of rotatable bonds is 1. The molecule has 1 heterocycles. The minimum Gasteiger partial charge on any atom is -0.507 e. The van der Waals surface area contributed by atoms with Crippen molar-refractivity contribution in [2.45, 2.75) is 25.0 Å². The first-order valence-corrected chi connectivity index (χ1v) is 6.59. The maximum absolute atomic E-state index is 12.6. The molecule has 0 bridgehead atoms. The molecule has 1 aliphatic rings. The normalized spacial score (nSPS) is 23.5. The van der Waals surface area contributed by atoms with Crippen LogP contribution < -0.4 is 5.43 Å². The van der Waals surface area contributed by atoms with Crippen LogP contribution in [0.3, 0.4) is 0 Å². The van der Waals surface area contributed by atoms with Crippen molar-refractivity contribution >= 4 is 16.9 Å². The van der Waals surface area contributed by atoms with Gasteiger partial charge in [0, 0.05) is 6.42 Å². The van der Waals surface area contributed by atoms with Crippen LogP contribution in [0.4, 0.5) is 0 Å². The molecular formula is C15H14O7. The number of esters is 1. The number of ether oxygens (including phenoxy) is 1. The van der Waals surface area contributed by atoms with Gasteiger partial charge in [-0.2, -0.15) is 0 Å². The molecule has 2 aromatic rings. The largest absolute Gasteiger partial charge is 0.507 e. The minimum atomic E-state index is -2.30. The second-order valence-electron chi connectivity index (χ2n) is 5.40. The molecule has 0 spiro atoms. The molecule has 1 aromatic carbocycles. The topological polar surface area (TPSA) is 117 Å². The van der Waals surface area contributed by atoms with E-state index in [4.69, 9.17) is 4.42 Å². The van der Waals surface area contributed by atoms with Gasteiger partial charge in [0.2, 0.25) is 5.43 Å². The summed E-state index contributed by atoms with van der Waals surface area (Å²) < 4.78 is 9.99. The van der Waals surface area contributed by atoms with Gasteiger partial charge in [0.15, 0.2) is 5.60 Å². The highest BCUT2D eigenvalue weighted by Gasteiger charge is 2.53. The molecule has 116 valence electrons. The number of hydrogen-bond donors (Lipinski definition) is 3. The molecule has 0 radical (unpaired) electrons. The zero-order valence-corrected chi connectivity index (χ0v) is 11.9. The lowest BCUT2D eigenvalue weighted by Gasteiger charge is -2.19. The summed E-state index contributed by atoms with van der Waals surface area (Å²) in [7, 11) is 1.06. The van der Waals surface area contributed by atoms with Crippen molar-refractivity contribution in [1.29, 1.82) is 0 Å². The number of methoxy groups -OCH3 is 1. The summed E-state index contributed by atoms with van der Waals surface area (Å²) in [6.45, 7) is 1.70. The lowest BCUT2D eigenvalue weighted by atomic mass is 9.95. The standard InChI is InChI=1S/C15H14O7/c1-6-3-7(16)10-9(4-6)22-13-8(17)5-15(20,14(19)21-2)11(13)12(10)18/h3-4,8,16-17,20H,5H2,1-2H3/t8-,15+/m0/s1. The van der Waals surface area contributed by atoms with Gasteiger partial charge in [0.1, 0.15) is 28.6 Å². The van der Waals surface area contributed by atoms with Gasteiger partial charge in [-0.3, -0.25) is 4.79 Å². The van der Waals surface area contributed by atoms with Crippen LogP contribution in [0.2, 0.25) is 0 Å². The minimum absolute atomic E-state index is 0.0782. The quantitative estimate of drug-likeness (QED) is 0.660. The van der Waals surface area contributed by atoms with E-state index in [9.17, 15) is 24.9 Å². The van der Waals surface area contributed by atoms with E-state index in [1.165, 1.54) is 12.1 Å². The summed E-state index contributed by atoms with van der Waals surface area (Å²) in [4.78, 5) is 24.5. The van der Waals surface area contributed by atoms with Crippen molar-refractivity contribution in [2.24, 2.45) is 0 Å². The first-order chi connectivity index (χ1) is 10.3. The number of aromatic hydroxyl groups is 1. The third-order valence-corrected chi connectivity index (χ3v) is 3.87. The number of aliphatic hydroxyl groups excluding tert-OH is 1. The van der Waals surface area contributed by atoms with E-state index in [2.05, 4.69) is 4.74 Å². The van der Waals surface area contributed by atoms with Gasteiger partial charge in [-0.05, 0) is 24.6 Å². The molecule has 22 heavy (non-hydrogen) atoms. The molecule has 0 fully saturated rings. The number of phenolic OH excluding ortho intramolecular Hbond substituents is 1. The maximum atomic E-state index is 12.6. The number of aryl methyl sites for hydroxylation is 1. The Morgan fingerprint density at radius 2 is 2.14 bits per heavy atom. The molecule has 2 atom stereocenters. The van der Waals surface area contributed by atoms with Crippen LogP contribution in [0.5, 0.6) is 5.75 Å². The van der Waals surface area contributed by atoms with Gasteiger partial charge in [0.05, 0.1) is 12.7 Å². The van der Waals surface area contributed by atoms with Crippen molar-refractivity contribution in [3.8, 4) is 5.75 Å². The molecule has 3 rings (SSSR count). The first kappa shape index (κ1) is 14.6. The fourth-order valence-corrected chi connectivity index (χ4v) is 2.90. The summed E-state index contributed by atoms with van der Waals surface area (Å²) >= 11 is 0. The highest BCUT2D eigenvalue weighted by Crippen LogP contribution is 2.44. The van der Waals surface area contributed by atoms with Crippen LogP contribution in [0.15, 0.2) is 21.3 Å². The van der Waals surface area contributed by atoms with E-state index in [0.29, 0.717) is 5.56 Å². The molecule has 1 aliphatic carbocycles. The summed E-state index contributed by atoms with van der Waals surface area (Å²) in [5, 5.41) is 30.3. The molecular weight excluding hydrogens is 292 g/mol. The number of hydrogen-bond acceptors (Lipinski definition) is 7. The smallest absolute Gasteiger partial charge is 0.342 e. The van der Waals surface area contributed by atoms with E-state index < -0.39 is 35.1 Å². The Kier molecular flexibility index (Phi) is 3.01. The Morgan fingerprint density at radius 3 is 2.77 bits per heavy atom. The van der Waals surface area contributed by atoms with Crippen LogP contribution in [0.25, 0.3) is 11.0 Å². The second kappa shape index (κ2) is 4.56. The van der Waals surface area contributed by atoms with E-state index in [-0.39, 0.29) is 22.5 Å². The van der Waals surface area contributed by atoms with E-state index in [1.807, 2.05) is 0 Å². The summed E-state index contributed by atoms with van der Waals surface area (Å²) in [6, 6.07) is 2.90. The number of carbonyl (C=O) groups is 1. The Morgan fingerprint density at radius 1 is 1.45 bits per heavy atom. The zero-order valence-electron chi connectivity index (χ0n) is 11.9. The first-order valence-electron chi connectivity index (χ1n) is 6.59. The van der Waals surface area contributed by atoms with Crippen molar-refractivity contribution in [3.63, 3.8) is 0 Å². The van der Waals surface area contributed by atoms with Gasteiger partial charge >= 0.3 is 5.97 Å². The molecule has 0 amide bonds. The van der Waals surface area contributed by atoms with Gasteiger partial charge < -0.3 is 24.5 Å². The number of fused-ring (bicyclic) bond motifs is 2. The molecule has 1 aromatic heterocycles. The highest BCUT2D eigenvalue weighted by molar-refractivity contribution is 5.88. The summed E-state index contributed by atoms with van der Waals surface area (Å²) in [5.41, 5.74) is -2.72. The van der Waals surface area contributed by atoms with Crippen molar-refractivity contribution < 1.29 is 29.3 Å². The lowest BCUT2D eigenvalue weighted by molar-refractivity contribution is -0.165. The molecule has 0 saturated heterocycles. The van der Waals surface area contributed by atoms with E-state index in [1.54, 1.807) is 6.92 Å². The Bertz CT molecular complexity index is 851. The van der Waals surface area contributed by atoms with Crippen molar-refractivity contribution in [3.05, 3.63) is 39.2 Å². The Labute approximate surface area is 124 Å². The third kappa shape index (κ3) is 1.76. The van der Waals surface area contributed by atoms with Gasteiger partial charge in [-0.25, -0.2) is 4.79 Å². The van der Waals surface area contributed by atoms with E-state index in [0.717, 1.165) is 7.11 Å². The number of carbonyl (C=O) groups excluding carboxylic acids is 1. The Hall–Kier alpha value is -2.38. The molecule has 3 N–H and O–H groups in total. The van der Waals surface area contributed by atoms with Crippen LogP contribution in [0.1, 0.15) is 29.4 Å². The average molecular weight is 306 g/mol. The van der Waals surface area contributed by atoms with Crippen molar-refractivity contribution in [1.82, 2.24) is 0 Å². The number of aliphatic hydroxyl groups is 2. The fraction of sp³-hybridized carbons (Fsp3) is 0.333. The molecule has 7 nitrogen and oxygen atoms in total. The highest BCUT2D eigenvalue weighted by atomic mass is 16.5. The number of phenols is 1. The average Bonchev–Trinajstić information content (AvgIpc) is 2.70. The predicted octanol–water partition coefficient (Wildman–Crippen LogP) is 0.605. The second-order valence-corrected chi connectivity index (χ2v) is 5.40. The number of benzene rings is 1. The third-order valence-electron chi connectivity index (χ3n) is 3.87.